The van der Waals surface area contributed by atoms with Gasteiger partial charge in [0.1, 0.15) is 0 Å². The molecule has 0 saturated carbocycles. The van der Waals surface area contributed by atoms with Gasteiger partial charge in [-0.3, -0.25) is 0 Å². The van der Waals surface area contributed by atoms with Crippen molar-refractivity contribution in [2.45, 2.75) is 12.6 Å². The summed E-state index contributed by atoms with van der Waals surface area (Å²) in [6.45, 7) is 0. The molecular weight excluding hydrogens is 259 g/mol. The molecule has 1 rings (SSSR count). The van der Waals surface area contributed by atoms with Gasteiger partial charge >= 0.3 is 6.18 Å². The Kier molecular flexibility index (Phi) is 3.17. The third-order valence-corrected chi connectivity index (χ3v) is 2.07. The van der Waals surface area contributed by atoms with Gasteiger partial charge in [-0.15, -0.1) is 0 Å². The van der Waals surface area contributed by atoms with Crippen molar-refractivity contribution >= 4 is 15.9 Å². The molecule has 0 heterocycles. The molecule has 0 bridgehead atoms. The standard InChI is InChI=1S/C9H5BrF3N/c10-8-2-1-6(5-14)7(3-8)4-9(11,12)13/h1-3H,4H2. The van der Waals surface area contributed by atoms with Crippen molar-refractivity contribution in [2.75, 3.05) is 0 Å². The Morgan fingerprint density at radius 1 is 1.36 bits per heavy atom. The highest BCUT2D eigenvalue weighted by Crippen LogP contribution is 2.25. The quantitative estimate of drug-likeness (QED) is 0.762. The summed E-state index contributed by atoms with van der Waals surface area (Å²) in [5.41, 5.74) is 0.0555. The number of hydrogen-bond acceptors (Lipinski definition) is 1. The van der Waals surface area contributed by atoms with Crippen LogP contribution in [0.3, 0.4) is 0 Å². The van der Waals surface area contributed by atoms with E-state index >= 15 is 0 Å². The third kappa shape index (κ3) is 3.04. The van der Waals surface area contributed by atoms with Gasteiger partial charge in [-0.2, -0.15) is 18.4 Å². The van der Waals surface area contributed by atoms with Gasteiger partial charge in [0.25, 0.3) is 0 Å². The van der Waals surface area contributed by atoms with Gasteiger partial charge in [0, 0.05) is 4.47 Å². The molecule has 0 spiro atoms. The molecule has 0 amide bonds. The number of hydrogen-bond donors (Lipinski definition) is 0. The molecule has 0 saturated heterocycles. The van der Waals surface area contributed by atoms with Crippen LogP contribution >= 0.6 is 15.9 Å². The van der Waals surface area contributed by atoms with Gasteiger partial charge < -0.3 is 0 Å². The minimum absolute atomic E-state index is 0.00521. The fraction of sp³-hybridized carbons (Fsp3) is 0.222. The largest absolute Gasteiger partial charge is 0.393 e. The Bertz CT molecular complexity index is 379. The van der Waals surface area contributed by atoms with E-state index in [0.717, 1.165) is 0 Å². The zero-order valence-corrected chi connectivity index (χ0v) is 8.48. The molecule has 1 aromatic carbocycles. The number of benzene rings is 1. The molecule has 0 aliphatic heterocycles. The molecule has 0 unspecified atom stereocenters. The molecule has 74 valence electrons. The van der Waals surface area contributed by atoms with E-state index in [0.29, 0.717) is 4.47 Å². The Morgan fingerprint density at radius 3 is 2.50 bits per heavy atom. The lowest BCUT2D eigenvalue weighted by Crippen LogP contribution is -2.12. The van der Waals surface area contributed by atoms with Crippen molar-refractivity contribution in [3.05, 3.63) is 33.8 Å². The first kappa shape index (κ1) is 11.1. The number of halogens is 4. The van der Waals surface area contributed by atoms with Crippen LogP contribution < -0.4 is 0 Å². The smallest absolute Gasteiger partial charge is 0.192 e. The molecule has 0 radical (unpaired) electrons. The lowest BCUT2D eigenvalue weighted by molar-refractivity contribution is -0.127. The highest BCUT2D eigenvalue weighted by molar-refractivity contribution is 9.10. The SMILES string of the molecule is N#Cc1ccc(Br)cc1CC(F)(F)F. The first-order valence-corrected chi connectivity index (χ1v) is 4.47. The fourth-order valence-electron chi connectivity index (χ4n) is 1.03. The summed E-state index contributed by atoms with van der Waals surface area (Å²) >= 11 is 3.06. The van der Waals surface area contributed by atoms with Gasteiger partial charge in [0.15, 0.2) is 0 Å². The van der Waals surface area contributed by atoms with Crippen LogP contribution in [0.2, 0.25) is 0 Å². The molecule has 0 atom stereocenters. The van der Waals surface area contributed by atoms with Crippen molar-refractivity contribution in [1.82, 2.24) is 0 Å². The van der Waals surface area contributed by atoms with E-state index in [2.05, 4.69) is 15.9 Å². The second-order valence-corrected chi connectivity index (χ2v) is 3.62. The average Bonchev–Trinajstić information content (AvgIpc) is 2.01. The zero-order valence-electron chi connectivity index (χ0n) is 6.90. The molecule has 1 nitrogen and oxygen atoms in total. The van der Waals surface area contributed by atoms with Gasteiger partial charge in [0.05, 0.1) is 18.1 Å². The maximum absolute atomic E-state index is 12.1. The number of nitrogens with zero attached hydrogens (tertiary/aromatic N) is 1. The summed E-state index contributed by atoms with van der Waals surface area (Å²) in [5, 5.41) is 8.57. The third-order valence-electron chi connectivity index (χ3n) is 1.58. The van der Waals surface area contributed by atoms with Crippen molar-refractivity contribution < 1.29 is 13.2 Å². The summed E-state index contributed by atoms with van der Waals surface area (Å²) < 4.78 is 36.7. The van der Waals surface area contributed by atoms with Crippen LogP contribution in [0.5, 0.6) is 0 Å². The first-order valence-electron chi connectivity index (χ1n) is 3.67. The number of nitriles is 1. The van der Waals surface area contributed by atoms with Crippen LogP contribution in [0.25, 0.3) is 0 Å². The molecule has 5 heteroatoms. The van der Waals surface area contributed by atoms with Crippen LogP contribution in [0.15, 0.2) is 22.7 Å². The molecule has 0 fully saturated rings. The maximum atomic E-state index is 12.1. The molecule has 14 heavy (non-hydrogen) atoms. The number of alkyl halides is 3. The Balaban J connectivity index is 3.07. The van der Waals surface area contributed by atoms with Crippen molar-refractivity contribution in [2.24, 2.45) is 0 Å². The molecule has 0 aromatic heterocycles. The summed E-state index contributed by atoms with van der Waals surface area (Å²) in [6.07, 6.45) is -5.36. The average molecular weight is 264 g/mol. The zero-order chi connectivity index (χ0) is 10.8. The molecular formula is C9H5BrF3N. The van der Waals surface area contributed by atoms with E-state index in [-0.39, 0.29) is 11.1 Å². The van der Waals surface area contributed by atoms with Gasteiger partial charge in [-0.05, 0) is 23.8 Å². The van der Waals surface area contributed by atoms with Crippen LogP contribution in [0.1, 0.15) is 11.1 Å². The van der Waals surface area contributed by atoms with E-state index < -0.39 is 12.6 Å². The maximum Gasteiger partial charge on any atom is 0.393 e. The second-order valence-electron chi connectivity index (χ2n) is 2.71. The van der Waals surface area contributed by atoms with Crippen LogP contribution in [0, 0.1) is 11.3 Å². The summed E-state index contributed by atoms with van der Waals surface area (Å²) in [7, 11) is 0. The minimum atomic E-state index is -4.29. The molecule has 1 aromatic rings. The summed E-state index contributed by atoms with van der Waals surface area (Å²) in [4.78, 5) is 0. The summed E-state index contributed by atoms with van der Waals surface area (Å²) in [5.74, 6) is 0. The Morgan fingerprint density at radius 2 is 2.00 bits per heavy atom. The van der Waals surface area contributed by atoms with Gasteiger partial charge in [-0.1, -0.05) is 15.9 Å². The van der Waals surface area contributed by atoms with E-state index in [1.807, 2.05) is 0 Å². The Labute approximate surface area is 87.3 Å². The van der Waals surface area contributed by atoms with Crippen LogP contribution in [-0.4, -0.2) is 6.18 Å². The predicted octanol–water partition coefficient (Wildman–Crippen LogP) is 3.43. The first-order chi connectivity index (χ1) is 6.42. The monoisotopic (exact) mass is 263 g/mol. The van der Waals surface area contributed by atoms with Crippen LogP contribution in [0.4, 0.5) is 13.2 Å². The second kappa shape index (κ2) is 4.01. The fourth-order valence-corrected chi connectivity index (χ4v) is 1.44. The highest BCUT2D eigenvalue weighted by atomic mass is 79.9. The molecule has 0 N–H and O–H groups in total. The highest BCUT2D eigenvalue weighted by Gasteiger charge is 2.28. The van der Waals surface area contributed by atoms with Crippen molar-refractivity contribution in [3.8, 4) is 6.07 Å². The van der Waals surface area contributed by atoms with Crippen molar-refractivity contribution in [3.63, 3.8) is 0 Å². The molecule has 0 aliphatic rings. The van der Waals surface area contributed by atoms with E-state index in [1.165, 1.54) is 12.1 Å². The minimum Gasteiger partial charge on any atom is -0.192 e. The topological polar surface area (TPSA) is 23.8 Å². The van der Waals surface area contributed by atoms with E-state index in [1.54, 1.807) is 12.1 Å². The van der Waals surface area contributed by atoms with Crippen molar-refractivity contribution in [1.29, 1.82) is 5.26 Å². The van der Waals surface area contributed by atoms with Gasteiger partial charge in [-0.25, -0.2) is 0 Å². The predicted molar refractivity (Wildman–Crippen MR) is 48.6 cm³/mol. The number of rotatable bonds is 1. The van der Waals surface area contributed by atoms with Gasteiger partial charge in [0.2, 0.25) is 0 Å². The molecule has 0 aliphatic carbocycles. The van der Waals surface area contributed by atoms with E-state index in [9.17, 15) is 13.2 Å². The normalized spacial score (nSPS) is 11.1. The lowest BCUT2D eigenvalue weighted by Gasteiger charge is -2.07. The summed E-state index contributed by atoms with van der Waals surface area (Å²) in [6, 6.07) is 5.94. The van der Waals surface area contributed by atoms with E-state index in [4.69, 9.17) is 5.26 Å². The lowest BCUT2D eigenvalue weighted by atomic mass is 10.1. The van der Waals surface area contributed by atoms with Crippen LogP contribution in [-0.2, 0) is 6.42 Å². The Hall–Kier alpha value is -1.02.